The first-order chi connectivity index (χ1) is 24.2. The van der Waals surface area contributed by atoms with Gasteiger partial charge in [-0.15, -0.1) is 0 Å². The standard InChI is InChI=1S/C44H80N4O3/c1-31(2)12-10-13-32(3)38-18-19-39-37-17-16-35-30-36(20-24-43(35,6)40(37)21-25-44(38,39)7)51-42(50)15-11-14-41(49)48(29-23-34(5)46)28-9-8-26-47-27-22-33(4)45/h16,31-34,36-40,47H,8-15,17-30,45-46H2,1-7H3. The van der Waals surface area contributed by atoms with Gasteiger partial charge in [-0.3, -0.25) is 9.59 Å². The van der Waals surface area contributed by atoms with Crippen LogP contribution in [0, 0.1) is 46.3 Å². The molecule has 0 aromatic carbocycles. The molecule has 0 bridgehead atoms. The van der Waals surface area contributed by atoms with Crippen molar-refractivity contribution in [2.75, 3.05) is 26.2 Å². The molecule has 0 heterocycles. The Morgan fingerprint density at radius 2 is 1.61 bits per heavy atom. The van der Waals surface area contributed by atoms with E-state index in [1.807, 2.05) is 18.7 Å². The van der Waals surface area contributed by atoms with Crippen molar-refractivity contribution in [2.45, 2.75) is 182 Å². The SMILES string of the molecule is CC(C)CCCC(C)C1CCC2C3CC=C4CC(OC(=O)CCCC(=O)N(CCCCNCCC(C)N)CCC(C)N)CCC4(C)C3CCC12C. The Labute approximate surface area is 313 Å². The van der Waals surface area contributed by atoms with Gasteiger partial charge in [-0.05, 0) is 150 Å². The van der Waals surface area contributed by atoms with Crippen LogP contribution in [0.25, 0.3) is 0 Å². The molecule has 0 radical (unpaired) electrons. The molecule has 0 spiro atoms. The summed E-state index contributed by atoms with van der Waals surface area (Å²) in [5, 5.41) is 3.44. The van der Waals surface area contributed by atoms with E-state index in [-0.39, 0.29) is 35.5 Å². The third-order valence-electron chi connectivity index (χ3n) is 14.3. The molecule has 4 aliphatic rings. The molecule has 7 heteroatoms. The Morgan fingerprint density at radius 1 is 0.843 bits per heavy atom. The number of rotatable bonds is 21. The molecule has 4 aliphatic carbocycles. The number of fused-ring (bicyclic) bond motifs is 5. The number of nitrogens with zero attached hydrogens (tertiary/aromatic N) is 1. The Bertz CT molecular complexity index is 1120. The van der Waals surface area contributed by atoms with Crippen molar-refractivity contribution in [3.05, 3.63) is 11.6 Å². The Kier molecular flexibility index (Phi) is 16.4. The molecule has 294 valence electrons. The summed E-state index contributed by atoms with van der Waals surface area (Å²) in [6.45, 7) is 19.8. The molecule has 0 aromatic rings. The second kappa shape index (κ2) is 19.8. The van der Waals surface area contributed by atoms with Gasteiger partial charge in [0.25, 0.3) is 0 Å². The van der Waals surface area contributed by atoms with E-state index in [4.69, 9.17) is 16.2 Å². The molecule has 5 N–H and O–H groups in total. The number of amides is 1. The summed E-state index contributed by atoms with van der Waals surface area (Å²) in [6, 6.07) is 0.276. The average Bonchev–Trinajstić information content (AvgIpc) is 3.42. The van der Waals surface area contributed by atoms with Crippen molar-refractivity contribution < 1.29 is 14.3 Å². The number of esters is 1. The van der Waals surface area contributed by atoms with Crippen LogP contribution in [0.4, 0.5) is 0 Å². The predicted octanol–water partition coefficient (Wildman–Crippen LogP) is 8.78. The molecule has 10 unspecified atom stereocenters. The minimum absolute atomic E-state index is 0.0234. The fourth-order valence-corrected chi connectivity index (χ4v) is 11.3. The summed E-state index contributed by atoms with van der Waals surface area (Å²) in [6.07, 6.45) is 21.5. The number of carbonyl (C=O) groups is 2. The minimum Gasteiger partial charge on any atom is -0.462 e. The number of carbonyl (C=O) groups excluding carboxylic acids is 2. The van der Waals surface area contributed by atoms with E-state index in [0.29, 0.717) is 31.2 Å². The largest absolute Gasteiger partial charge is 0.462 e. The van der Waals surface area contributed by atoms with Crippen LogP contribution in [0.5, 0.6) is 0 Å². The van der Waals surface area contributed by atoms with Gasteiger partial charge >= 0.3 is 5.97 Å². The van der Waals surface area contributed by atoms with Crippen molar-refractivity contribution in [1.82, 2.24) is 10.2 Å². The molecule has 0 saturated heterocycles. The van der Waals surface area contributed by atoms with Gasteiger partial charge in [0.05, 0.1) is 0 Å². The van der Waals surface area contributed by atoms with Crippen molar-refractivity contribution in [3.63, 3.8) is 0 Å². The highest BCUT2D eigenvalue weighted by atomic mass is 16.5. The van der Waals surface area contributed by atoms with E-state index in [0.717, 1.165) is 100 Å². The van der Waals surface area contributed by atoms with Gasteiger partial charge in [0.1, 0.15) is 6.10 Å². The van der Waals surface area contributed by atoms with Gasteiger partial charge in [-0.1, -0.05) is 65.5 Å². The highest BCUT2D eigenvalue weighted by Crippen LogP contribution is 2.67. The lowest BCUT2D eigenvalue weighted by molar-refractivity contribution is -0.151. The number of unbranched alkanes of at least 4 members (excludes halogenated alkanes) is 1. The van der Waals surface area contributed by atoms with Crippen LogP contribution in [-0.2, 0) is 14.3 Å². The Morgan fingerprint density at radius 3 is 2.33 bits per heavy atom. The summed E-state index contributed by atoms with van der Waals surface area (Å²) in [5.41, 5.74) is 14.2. The molecular formula is C44H80N4O3. The van der Waals surface area contributed by atoms with Crippen LogP contribution in [0.3, 0.4) is 0 Å². The van der Waals surface area contributed by atoms with Crippen LogP contribution >= 0.6 is 0 Å². The van der Waals surface area contributed by atoms with Gasteiger partial charge in [0.2, 0.25) is 5.91 Å². The number of nitrogens with one attached hydrogen (secondary N) is 1. The summed E-state index contributed by atoms with van der Waals surface area (Å²) >= 11 is 0. The zero-order valence-corrected chi connectivity index (χ0v) is 34.2. The third-order valence-corrected chi connectivity index (χ3v) is 14.3. The lowest BCUT2D eigenvalue weighted by Crippen LogP contribution is -2.51. The molecule has 51 heavy (non-hydrogen) atoms. The number of nitrogens with two attached hydrogens (primary N) is 2. The summed E-state index contributed by atoms with van der Waals surface area (Å²) in [5.74, 6) is 4.99. The fourth-order valence-electron chi connectivity index (χ4n) is 11.3. The van der Waals surface area contributed by atoms with E-state index in [1.54, 1.807) is 5.57 Å². The van der Waals surface area contributed by atoms with Gasteiger partial charge in [0, 0.05) is 44.4 Å². The number of hydrogen-bond donors (Lipinski definition) is 3. The first kappa shape index (κ1) is 42.3. The first-order valence-corrected chi connectivity index (χ1v) is 21.6. The first-order valence-electron chi connectivity index (χ1n) is 21.6. The molecule has 3 fully saturated rings. The summed E-state index contributed by atoms with van der Waals surface area (Å²) < 4.78 is 6.11. The lowest BCUT2D eigenvalue weighted by atomic mass is 9.47. The number of hydrogen-bond acceptors (Lipinski definition) is 6. The number of ether oxygens (including phenoxy) is 1. The zero-order valence-electron chi connectivity index (χ0n) is 34.2. The molecule has 0 aliphatic heterocycles. The molecule has 0 aromatic heterocycles. The Balaban J connectivity index is 1.22. The highest BCUT2D eigenvalue weighted by Gasteiger charge is 2.59. The molecular weight excluding hydrogens is 633 g/mol. The summed E-state index contributed by atoms with van der Waals surface area (Å²) in [4.78, 5) is 28.2. The second-order valence-electron chi connectivity index (χ2n) is 18.9. The minimum atomic E-state index is -0.140. The predicted molar refractivity (Wildman–Crippen MR) is 212 cm³/mol. The maximum absolute atomic E-state index is 13.2. The van der Waals surface area contributed by atoms with Crippen molar-refractivity contribution in [2.24, 2.45) is 57.8 Å². The third kappa shape index (κ3) is 11.5. The van der Waals surface area contributed by atoms with Crippen molar-refractivity contribution in [3.8, 4) is 0 Å². The van der Waals surface area contributed by atoms with Gasteiger partial charge in [0.15, 0.2) is 0 Å². The zero-order chi connectivity index (χ0) is 37.2. The van der Waals surface area contributed by atoms with Crippen molar-refractivity contribution in [1.29, 1.82) is 0 Å². The normalized spacial score (nSPS) is 32.0. The van der Waals surface area contributed by atoms with E-state index in [1.165, 1.54) is 51.4 Å². The average molecular weight is 713 g/mol. The molecule has 10 atom stereocenters. The van der Waals surface area contributed by atoms with Crippen LogP contribution < -0.4 is 16.8 Å². The van der Waals surface area contributed by atoms with Gasteiger partial charge < -0.3 is 26.4 Å². The topological polar surface area (TPSA) is 111 Å². The number of allylic oxidation sites excluding steroid dienone is 1. The molecule has 3 saturated carbocycles. The second-order valence-corrected chi connectivity index (χ2v) is 18.9. The summed E-state index contributed by atoms with van der Waals surface area (Å²) in [7, 11) is 0. The van der Waals surface area contributed by atoms with Crippen LogP contribution in [0.2, 0.25) is 0 Å². The van der Waals surface area contributed by atoms with E-state index in [9.17, 15) is 9.59 Å². The Hall–Kier alpha value is -1.44. The maximum atomic E-state index is 13.2. The van der Waals surface area contributed by atoms with E-state index >= 15 is 0 Å². The van der Waals surface area contributed by atoms with Crippen LogP contribution in [0.15, 0.2) is 11.6 Å². The van der Waals surface area contributed by atoms with E-state index in [2.05, 4.69) is 46.0 Å². The fraction of sp³-hybridized carbons (Fsp3) is 0.909. The molecule has 4 rings (SSSR count). The maximum Gasteiger partial charge on any atom is 0.306 e. The smallest absolute Gasteiger partial charge is 0.306 e. The van der Waals surface area contributed by atoms with Crippen LogP contribution in [-0.4, -0.2) is 61.1 Å². The quantitative estimate of drug-likeness (QED) is 0.0624. The monoisotopic (exact) mass is 713 g/mol. The van der Waals surface area contributed by atoms with Gasteiger partial charge in [-0.25, -0.2) is 0 Å². The molecule has 1 amide bonds. The van der Waals surface area contributed by atoms with Gasteiger partial charge in [-0.2, -0.15) is 0 Å². The lowest BCUT2D eigenvalue weighted by Gasteiger charge is -2.58. The van der Waals surface area contributed by atoms with Crippen LogP contribution in [0.1, 0.15) is 164 Å². The highest BCUT2D eigenvalue weighted by molar-refractivity contribution is 5.77. The van der Waals surface area contributed by atoms with E-state index < -0.39 is 0 Å². The molecule has 7 nitrogen and oxygen atoms in total. The van der Waals surface area contributed by atoms with Crippen molar-refractivity contribution >= 4 is 11.9 Å².